The van der Waals surface area contributed by atoms with E-state index in [1.54, 1.807) is 0 Å². The summed E-state index contributed by atoms with van der Waals surface area (Å²) in [6.07, 6.45) is 0.558. The highest BCUT2D eigenvalue weighted by molar-refractivity contribution is 7.88. The number of hydrogen-bond donors (Lipinski definition) is 1. The molecule has 0 aliphatic carbocycles. The van der Waals surface area contributed by atoms with E-state index in [9.17, 15) is 8.42 Å². The second-order valence-electron chi connectivity index (χ2n) is 4.63. The van der Waals surface area contributed by atoms with Crippen LogP contribution in [0.15, 0.2) is 0 Å². The largest absolute Gasteiger partial charge is 0.371 e. The Kier molecular flexibility index (Phi) is 3.00. The second-order valence-corrected chi connectivity index (χ2v) is 6.46. The Balaban J connectivity index is 1.94. The summed E-state index contributed by atoms with van der Waals surface area (Å²) in [6.45, 7) is 4.35. The second kappa shape index (κ2) is 3.92. The van der Waals surface area contributed by atoms with Crippen LogP contribution in [0.5, 0.6) is 0 Å². The summed E-state index contributed by atoms with van der Waals surface area (Å²) < 4.78 is 41.1. The van der Waals surface area contributed by atoms with E-state index in [0.717, 1.165) is 6.26 Å². The van der Waals surface area contributed by atoms with Gasteiger partial charge in [0.05, 0.1) is 12.9 Å². The molecule has 7 heteroatoms. The fraction of sp³-hybridized carbons (Fsp3) is 1.00. The Bertz CT molecular complexity index is 366. The van der Waals surface area contributed by atoms with Crippen LogP contribution in [0.3, 0.4) is 0 Å². The van der Waals surface area contributed by atoms with Crippen LogP contribution in [0.1, 0.15) is 13.8 Å². The molecule has 0 bridgehead atoms. The highest BCUT2D eigenvalue weighted by Gasteiger charge is 2.49. The number of sulfonamides is 1. The van der Waals surface area contributed by atoms with Crippen molar-refractivity contribution >= 4 is 10.0 Å². The summed E-state index contributed by atoms with van der Waals surface area (Å²) in [7, 11) is -3.20. The lowest BCUT2D eigenvalue weighted by atomic mass is 10.1. The van der Waals surface area contributed by atoms with Gasteiger partial charge in [0.25, 0.3) is 0 Å². The van der Waals surface area contributed by atoms with Crippen LogP contribution >= 0.6 is 0 Å². The fourth-order valence-electron chi connectivity index (χ4n) is 2.03. The Hall–Kier alpha value is -0.210. The molecule has 2 fully saturated rings. The van der Waals surface area contributed by atoms with E-state index in [4.69, 9.17) is 14.2 Å². The van der Waals surface area contributed by atoms with Gasteiger partial charge in [0.1, 0.15) is 18.3 Å². The molecule has 0 aromatic rings. The van der Waals surface area contributed by atoms with Crippen molar-refractivity contribution in [2.24, 2.45) is 0 Å². The predicted octanol–water partition coefficient (Wildman–Crippen LogP) is -0.545. The molecule has 2 aliphatic rings. The molecule has 0 aromatic heterocycles. The van der Waals surface area contributed by atoms with Gasteiger partial charge in [-0.25, -0.2) is 13.1 Å². The molecule has 6 nitrogen and oxygen atoms in total. The standard InChI is InChI=1S/C9H17NO5S/c1-9(2)14-7-5-13-6(8(7)15-9)4-10-16(3,11)12/h6-8,10H,4-5H2,1-3H3/t6-,7-,8+/m1/s1. The fourth-order valence-corrected chi connectivity index (χ4v) is 2.50. The Labute approximate surface area is 95.3 Å². The van der Waals surface area contributed by atoms with Crippen LogP contribution in [0.25, 0.3) is 0 Å². The van der Waals surface area contributed by atoms with Gasteiger partial charge in [-0.2, -0.15) is 0 Å². The maximum absolute atomic E-state index is 11.0. The average Bonchev–Trinajstić information content (AvgIpc) is 2.55. The molecule has 3 atom stereocenters. The zero-order chi connectivity index (χ0) is 12.0. The summed E-state index contributed by atoms with van der Waals surface area (Å²) in [5.74, 6) is -0.609. The minimum Gasteiger partial charge on any atom is -0.371 e. The van der Waals surface area contributed by atoms with Crippen LogP contribution in [-0.2, 0) is 24.2 Å². The zero-order valence-electron chi connectivity index (χ0n) is 9.60. The maximum atomic E-state index is 11.0. The van der Waals surface area contributed by atoms with Crippen molar-refractivity contribution in [3.63, 3.8) is 0 Å². The number of fused-ring (bicyclic) bond motifs is 1. The van der Waals surface area contributed by atoms with Crippen molar-refractivity contribution < 1.29 is 22.6 Å². The first kappa shape index (κ1) is 12.3. The molecule has 1 N–H and O–H groups in total. The van der Waals surface area contributed by atoms with E-state index in [2.05, 4.69) is 4.72 Å². The molecule has 0 radical (unpaired) electrons. The van der Waals surface area contributed by atoms with Crippen LogP contribution < -0.4 is 4.72 Å². The summed E-state index contributed by atoms with van der Waals surface area (Å²) in [5, 5.41) is 0. The Morgan fingerprint density at radius 2 is 2.06 bits per heavy atom. The summed E-state index contributed by atoms with van der Waals surface area (Å²) >= 11 is 0. The quantitative estimate of drug-likeness (QED) is 0.729. The molecule has 2 saturated heterocycles. The molecule has 94 valence electrons. The van der Waals surface area contributed by atoms with E-state index in [0.29, 0.717) is 6.61 Å². The third-order valence-corrected chi connectivity index (χ3v) is 3.30. The highest BCUT2D eigenvalue weighted by atomic mass is 32.2. The SMILES string of the molecule is CC1(C)O[C@H]2[C@@H](CNS(C)(=O)=O)OC[C@H]2O1. The molecule has 2 rings (SSSR count). The van der Waals surface area contributed by atoms with E-state index < -0.39 is 15.8 Å². The van der Waals surface area contributed by atoms with Gasteiger partial charge in [-0.3, -0.25) is 0 Å². The molecule has 0 saturated carbocycles. The topological polar surface area (TPSA) is 73.9 Å². The number of rotatable bonds is 3. The van der Waals surface area contributed by atoms with Gasteiger partial charge >= 0.3 is 0 Å². The molecule has 0 unspecified atom stereocenters. The van der Waals surface area contributed by atoms with Gasteiger partial charge in [-0.05, 0) is 13.8 Å². The molecule has 2 aliphatic heterocycles. The number of ether oxygens (including phenoxy) is 3. The molecule has 0 amide bonds. The van der Waals surface area contributed by atoms with Crippen molar-refractivity contribution in [2.45, 2.75) is 37.9 Å². The molecule has 16 heavy (non-hydrogen) atoms. The smallest absolute Gasteiger partial charge is 0.208 e. The first-order chi connectivity index (χ1) is 7.27. The highest BCUT2D eigenvalue weighted by Crippen LogP contribution is 2.34. The first-order valence-corrected chi connectivity index (χ1v) is 7.08. The minimum absolute atomic E-state index is 0.0960. The molecular formula is C9H17NO5S. The summed E-state index contributed by atoms with van der Waals surface area (Å²) in [6, 6.07) is 0. The molecule has 2 heterocycles. The van der Waals surface area contributed by atoms with Crippen LogP contribution in [-0.4, -0.2) is 51.9 Å². The van der Waals surface area contributed by atoms with Crippen molar-refractivity contribution in [2.75, 3.05) is 19.4 Å². The van der Waals surface area contributed by atoms with Crippen LogP contribution in [0.2, 0.25) is 0 Å². The van der Waals surface area contributed by atoms with E-state index in [1.807, 2.05) is 13.8 Å². The van der Waals surface area contributed by atoms with Gasteiger partial charge in [0.2, 0.25) is 10.0 Å². The predicted molar refractivity (Wildman–Crippen MR) is 56.4 cm³/mol. The monoisotopic (exact) mass is 251 g/mol. The van der Waals surface area contributed by atoms with Crippen molar-refractivity contribution in [1.82, 2.24) is 4.72 Å². The third-order valence-electron chi connectivity index (χ3n) is 2.61. The molecular weight excluding hydrogens is 234 g/mol. The van der Waals surface area contributed by atoms with Gasteiger partial charge < -0.3 is 14.2 Å². The van der Waals surface area contributed by atoms with E-state index in [1.165, 1.54) is 0 Å². The Morgan fingerprint density at radius 1 is 1.38 bits per heavy atom. The van der Waals surface area contributed by atoms with E-state index in [-0.39, 0.29) is 24.9 Å². The van der Waals surface area contributed by atoms with Crippen LogP contribution in [0, 0.1) is 0 Å². The average molecular weight is 251 g/mol. The van der Waals surface area contributed by atoms with Crippen LogP contribution in [0.4, 0.5) is 0 Å². The van der Waals surface area contributed by atoms with Crippen molar-refractivity contribution in [3.05, 3.63) is 0 Å². The van der Waals surface area contributed by atoms with Crippen molar-refractivity contribution in [3.8, 4) is 0 Å². The van der Waals surface area contributed by atoms with Gasteiger partial charge in [0, 0.05) is 6.54 Å². The Morgan fingerprint density at radius 3 is 2.69 bits per heavy atom. The summed E-state index contributed by atoms with van der Waals surface area (Å²) in [4.78, 5) is 0. The zero-order valence-corrected chi connectivity index (χ0v) is 10.4. The summed E-state index contributed by atoms with van der Waals surface area (Å²) in [5.41, 5.74) is 0. The van der Waals surface area contributed by atoms with Gasteiger partial charge in [-0.1, -0.05) is 0 Å². The number of hydrogen-bond acceptors (Lipinski definition) is 5. The lowest BCUT2D eigenvalue weighted by molar-refractivity contribution is -0.174. The van der Waals surface area contributed by atoms with Gasteiger partial charge in [-0.15, -0.1) is 0 Å². The molecule has 0 spiro atoms. The van der Waals surface area contributed by atoms with E-state index >= 15 is 0 Å². The lowest BCUT2D eigenvalue weighted by Crippen LogP contribution is -2.39. The first-order valence-electron chi connectivity index (χ1n) is 5.19. The maximum Gasteiger partial charge on any atom is 0.208 e. The number of nitrogens with one attached hydrogen (secondary N) is 1. The molecule has 0 aromatic carbocycles. The third kappa shape index (κ3) is 2.72. The van der Waals surface area contributed by atoms with Crippen molar-refractivity contribution in [1.29, 1.82) is 0 Å². The minimum atomic E-state index is -3.20. The normalized spacial score (nSPS) is 37.6. The van der Waals surface area contributed by atoms with Gasteiger partial charge in [0.15, 0.2) is 5.79 Å². The lowest BCUT2D eigenvalue weighted by Gasteiger charge is -2.21.